The van der Waals surface area contributed by atoms with Crippen LogP contribution >= 0.6 is 0 Å². The van der Waals surface area contributed by atoms with E-state index >= 15 is 0 Å². The number of anilines is 1. The fourth-order valence-electron chi connectivity index (χ4n) is 3.95. The van der Waals surface area contributed by atoms with Crippen molar-refractivity contribution in [3.63, 3.8) is 0 Å². The van der Waals surface area contributed by atoms with Crippen LogP contribution in [0.5, 0.6) is 0 Å². The fourth-order valence-corrected chi connectivity index (χ4v) is 3.95. The highest BCUT2D eigenvalue weighted by Gasteiger charge is 2.19. The Morgan fingerprint density at radius 3 is 2.62 bits per heavy atom. The van der Waals surface area contributed by atoms with Crippen LogP contribution < -0.4 is 4.90 Å². The second-order valence-electron chi connectivity index (χ2n) is 6.89. The van der Waals surface area contributed by atoms with Crippen LogP contribution in [0.1, 0.15) is 29.8 Å². The minimum atomic E-state index is -0.165. The first-order chi connectivity index (χ1) is 11.8. The maximum Gasteiger partial charge on any atom is 0.123 e. The fraction of sp³-hybridized carbons (Fsp3) is 0.526. The van der Waals surface area contributed by atoms with Crippen molar-refractivity contribution < 1.29 is 4.39 Å². The molecule has 1 N–H and O–H groups in total. The van der Waals surface area contributed by atoms with Gasteiger partial charge in [-0.15, -0.1) is 0 Å². The molecule has 2 heterocycles. The average molecular weight is 328 g/mol. The summed E-state index contributed by atoms with van der Waals surface area (Å²) in [7, 11) is 0. The molecule has 0 radical (unpaired) electrons. The van der Waals surface area contributed by atoms with Gasteiger partial charge in [-0.1, -0.05) is 0 Å². The van der Waals surface area contributed by atoms with E-state index < -0.39 is 0 Å². The summed E-state index contributed by atoms with van der Waals surface area (Å²) in [6.45, 7) is 5.33. The Bertz CT molecular complexity index is 671. The number of hydrogen-bond donors (Lipinski definition) is 1. The van der Waals surface area contributed by atoms with Crippen LogP contribution in [0.25, 0.3) is 0 Å². The van der Waals surface area contributed by atoms with Gasteiger partial charge in [0.25, 0.3) is 0 Å². The van der Waals surface area contributed by atoms with E-state index in [0.29, 0.717) is 0 Å². The first-order valence-corrected chi connectivity index (χ1v) is 9.07. The number of nitrogens with zero attached hydrogens (tertiary/aromatic N) is 3. The van der Waals surface area contributed by atoms with Gasteiger partial charge < -0.3 is 4.90 Å². The SMILES string of the molecule is Fc1ccc(N2CCN(CCCc3n[nH]c4c3CCC4)CC2)cc1. The van der Waals surface area contributed by atoms with E-state index in [1.54, 1.807) is 12.1 Å². The van der Waals surface area contributed by atoms with Gasteiger partial charge in [0.15, 0.2) is 0 Å². The molecule has 0 amide bonds. The van der Waals surface area contributed by atoms with Gasteiger partial charge in [0.1, 0.15) is 5.82 Å². The normalized spacial score (nSPS) is 18.1. The second kappa shape index (κ2) is 6.93. The van der Waals surface area contributed by atoms with Crippen LogP contribution in [0.4, 0.5) is 10.1 Å². The van der Waals surface area contributed by atoms with Gasteiger partial charge in [0.05, 0.1) is 5.69 Å². The zero-order valence-corrected chi connectivity index (χ0v) is 14.1. The predicted octanol–water partition coefficient (Wildman–Crippen LogP) is 2.79. The molecule has 24 heavy (non-hydrogen) atoms. The van der Waals surface area contributed by atoms with Crippen molar-refractivity contribution >= 4 is 5.69 Å². The molecule has 5 heteroatoms. The van der Waals surface area contributed by atoms with Crippen LogP contribution in [0.2, 0.25) is 0 Å². The van der Waals surface area contributed by atoms with E-state index in [4.69, 9.17) is 0 Å². The molecule has 4 nitrogen and oxygen atoms in total. The van der Waals surface area contributed by atoms with Gasteiger partial charge in [-0.05, 0) is 68.5 Å². The van der Waals surface area contributed by atoms with Crippen LogP contribution in [-0.4, -0.2) is 47.8 Å². The Kier molecular flexibility index (Phi) is 4.52. The van der Waals surface area contributed by atoms with Gasteiger partial charge in [-0.25, -0.2) is 4.39 Å². The molecule has 0 atom stereocenters. The Hall–Kier alpha value is -1.88. The van der Waals surface area contributed by atoms with Gasteiger partial charge in [0, 0.05) is 37.6 Å². The first-order valence-electron chi connectivity index (χ1n) is 9.07. The second-order valence-corrected chi connectivity index (χ2v) is 6.89. The van der Waals surface area contributed by atoms with E-state index in [1.165, 1.54) is 42.6 Å². The number of piperazine rings is 1. The molecule has 1 aliphatic heterocycles. The smallest absolute Gasteiger partial charge is 0.123 e. The van der Waals surface area contributed by atoms with Gasteiger partial charge in [-0.3, -0.25) is 10.00 Å². The van der Waals surface area contributed by atoms with Crippen molar-refractivity contribution in [1.82, 2.24) is 15.1 Å². The summed E-state index contributed by atoms with van der Waals surface area (Å²) in [5.41, 5.74) is 5.30. The van der Waals surface area contributed by atoms with Gasteiger partial charge in [-0.2, -0.15) is 5.10 Å². The number of H-pyrrole nitrogens is 1. The number of fused-ring (bicyclic) bond motifs is 1. The molecule has 128 valence electrons. The highest BCUT2D eigenvalue weighted by atomic mass is 19.1. The third kappa shape index (κ3) is 3.31. The minimum Gasteiger partial charge on any atom is -0.369 e. The predicted molar refractivity (Wildman–Crippen MR) is 94.0 cm³/mol. The summed E-state index contributed by atoms with van der Waals surface area (Å²) in [6, 6.07) is 6.85. The zero-order valence-electron chi connectivity index (χ0n) is 14.1. The molecule has 0 bridgehead atoms. The van der Waals surface area contributed by atoms with Crippen LogP contribution in [0.3, 0.4) is 0 Å². The van der Waals surface area contributed by atoms with E-state index in [9.17, 15) is 4.39 Å². The maximum absolute atomic E-state index is 13.0. The standard InChI is InChI=1S/C19H25FN4/c20-15-6-8-16(9-7-15)24-13-11-23(12-14-24)10-2-5-19-17-3-1-4-18(17)21-22-19/h6-9H,1-5,10-14H2,(H,21,22). The molecule has 1 aliphatic carbocycles. The van der Waals surface area contributed by atoms with Crippen LogP contribution in [-0.2, 0) is 19.3 Å². The highest BCUT2D eigenvalue weighted by Crippen LogP contribution is 2.23. The quantitative estimate of drug-likeness (QED) is 0.917. The zero-order chi connectivity index (χ0) is 16.4. The van der Waals surface area contributed by atoms with Gasteiger partial charge >= 0.3 is 0 Å². The van der Waals surface area contributed by atoms with Crippen molar-refractivity contribution in [1.29, 1.82) is 0 Å². The Balaban J connectivity index is 1.22. The summed E-state index contributed by atoms with van der Waals surface area (Å²) >= 11 is 0. The molecule has 1 aromatic heterocycles. The Morgan fingerprint density at radius 2 is 1.83 bits per heavy atom. The number of rotatable bonds is 5. The summed E-state index contributed by atoms with van der Waals surface area (Å²) in [5.74, 6) is -0.165. The number of benzene rings is 1. The van der Waals surface area contributed by atoms with Crippen LogP contribution in [0, 0.1) is 5.82 Å². The first kappa shape index (κ1) is 15.6. The number of aryl methyl sites for hydroxylation is 2. The molecule has 0 saturated carbocycles. The van der Waals surface area contributed by atoms with E-state index in [-0.39, 0.29) is 5.82 Å². The molecule has 4 rings (SSSR count). The highest BCUT2D eigenvalue weighted by molar-refractivity contribution is 5.46. The number of aromatic amines is 1. The van der Waals surface area contributed by atoms with Crippen molar-refractivity contribution in [2.24, 2.45) is 0 Å². The number of hydrogen-bond acceptors (Lipinski definition) is 3. The van der Waals surface area contributed by atoms with E-state index in [1.807, 2.05) is 12.1 Å². The average Bonchev–Trinajstić information content (AvgIpc) is 3.21. The van der Waals surface area contributed by atoms with Crippen molar-refractivity contribution in [3.8, 4) is 0 Å². The molecule has 2 aromatic rings. The van der Waals surface area contributed by atoms with E-state index in [0.717, 1.165) is 44.8 Å². The Labute approximate surface area is 142 Å². The number of halogens is 1. The lowest BCUT2D eigenvalue weighted by Gasteiger charge is -2.36. The summed E-state index contributed by atoms with van der Waals surface area (Å²) in [6.07, 6.45) is 5.92. The van der Waals surface area contributed by atoms with Crippen LogP contribution in [0.15, 0.2) is 24.3 Å². The maximum atomic E-state index is 13.0. The molecule has 0 unspecified atom stereocenters. The van der Waals surface area contributed by atoms with E-state index in [2.05, 4.69) is 20.0 Å². The Morgan fingerprint density at radius 1 is 1.04 bits per heavy atom. The summed E-state index contributed by atoms with van der Waals surface area (Å²) in [4.78, 5) is 4.88. The molecular weight excluding hydrogens is 303 g/mol. The molecule has 1 fully saturated rings. The molecule has 1 aromatic carbocycles. The van der Waals surface area contributed by atoms with Crippen molar-refractivity contribution in [3.05, 3.63) is 47.0 Å². The lowest BCUT2D eigenvalue weighted by atomic mass is 10.1. The molecule has 1 saturated heterocycles. The minimum absolute atomic E-state index is 0.165. The summed E-state index contributed by atoms with van der Waals surface area (Å²) < 4.78 is 13.0. The molecule has 0 spiro atoms. The number of aromatic nitrogens is 2. The lowest BCUT2D eigenvalue weighted by Crippen LogP contribution is -2.46. The largest absolute Gasteiger partial charge is 0.369 e. The van der Waals surface area contributed by atoms with Crippen molar-refractivity contribution in [2.75, 3.05) is 37.6 Å². The third-order valence-electron chi connectivity index (χ3n) is 5.34. The monoisotopic (exact) mass is 328 g/mol. The number of nitrogens with one attached hydrogen (secondary N) is 1. The molecular formula is C19H25FN4. The van der Waals surface area contributed by atoms with Gasteiger partial charge in [0.2, 0.25) is 0 Å². The van der Waals surface area contributed by atoms with Crippen molar-refractivity contribution in [2.45, 2.75) is 32.1 Å². The lowest BCUT2D eigenvalue weighted by molar-refractivity contribution is 0.255. The topological polar surface area (TPSA) is 35.2 Å². The third-order valence-corrected chi connectivity index (χ3v) is 5.34. The molecule has 2 aliphatic rings. The summed E-state index contributed by atoms with van der Waals surface area (Å²) in [5, 5.41) is 7.70.